The van der Waals surface area contributed by atoms with Crippen molar-refractivity contribution in [2.75, 3.05) is 0 Å². The lowest BCUT2D eigenvalue weighted by molar-refractivity contribution is 0.407. The Morgan fingerprint density at radius 1 is 1.26 bits per heavy atom. The monoisotopic (exact) mass is 347 g/mol. The zero-order chi connectivity index (χ0) is 15.8. The van der Waals surface area contributed by atoms with Gasteiger partial charge in [-0.15, -0.1) is 0 Å². The number of aromatic amines is 1. The second-order valence-corrected chi connectivity index (χ2v) is 8.46. The molecular weight excluding hydrogens is 326 g/mol. The van der Waals surface area contributed by atoms with Gasteiger partial charge in [0.2, 0.25) is 0 Å². The Balaban J connectivity index is 1.80. The molecule has 3 heterocycles. The Morgan fingerprint density at radius 3 is 2.74 bits per heavy atom. The number of thioether (sulfide) groups is 1. The zero-order valence-electron chi connectivity index (χ0n) is 13.2. The molecule has 2 aromatic heterocycles. The molecule has 1 aliphatic heterocycles. The number of thiophene rings is 1. The molecule has 0 bridgehead atoms. The van der Waals surface area contributed by atoms with Crippen molar-refractivity contribution in [1.82, 2.24) is 9.78 Å². The van der Waals surface area contributed by atoms with Gasteiger partial charge in [-0.1, -0.05) is 37.4 Å². The average molecular weight is 348 g/mol. The standard InChI is InChI=1S/C17H21N3OS2/c1-11-18-16-14(15(23-11)12-8-9-22-10-12)17(21)19-20(16)13-6-4-2-3-5-7-13/h8-10,13,15H,2-7H2,1H3,(H,19,21)/t15-/m1/s1. The number of rotatable bonds is 2. The number of nitrogens with zero attached hydrogens (tertiary/aromatic N) is 2. The van der Waals surface area contributed by atoms with E-state index in [1.54, 1.807) is 23.1 Å². The maximum absolute atomic E-state index is 12.7. The normalized spacial score (nSPS) is 22.5. The summed E-state index contributed by atoms with van der Waals surface area (Å²) in [5, 5.41) is 8.44. The van der Waals surface area contributed by atoms with Crippen LogP contribution in [-0.2, 0) is 0 Å². The molecule has 1 fully saturated rings. The lowest BCUT2D eigenvalue weighted by Gasteiger charge is -2.22. The number of hydrogen-bond donors (Lipinski definition) is 1. The molecule has 0 amide bonds. The van der Waals surface area contributed by atoms with Crippen molar-refractivity contribution in [3.63, 3.8) is 0 Å². The summed E-state index contributed by atoms with van der Waals surface area (Å²) in [7, 11) is 0. The van der Waals surface area contributed by atoms with Crippen LogP contribution in [0.2, 0.25) is 0 Å². The first kappa shape index (κ1) is 15.3. The third-order valence-corrected chi connectivity index (χ3v) is 6.66. The van der Waals surface area contributed by atoms with Crippen LogP contribution in [-0.4, -0.2) is 14.8 Å². The lowest BCUT2D eigenvalue weighted by Crippen LogP contribution is -2.13. The minimum Gasteiger partial charge on any atom is -0.268 e. The molecule has 1 atom stereocenters. The predicted molar refractivity (Wildman–Crippen MR) is 98.3 cm³/mol. The smallest absolute Gasteiger partial charge is 0.268 e. The Labute approximate surface area is 144 Å². The van der Waals surface area contributed by atoms with Crippen molar-refractivity contribution < 1.29 is 0 Å². The predicted octanol–water partition coefficient (Wildman–Crippen LogP) is 5.02. The zero-order valence-corrected chi connectivity index (χ0v) is 14.9. The molecule has 0 spiro atoms. The van der Waals surface area contributed by atoms with E-state index < -0.39 is 0 Å². The number of hydrogen-bond acceptors (Lipinski definition) is 4. The van der Waals surface area contributed by atoms with Gasteiger partial charge in [0.15, 0.2) is 5.82 Å². The van der Waals surface area contributed by atoms with Crippen molar-refractivity contribution >= 4 is 34.0 Å². The van der Waals surface area contributed by atoms with Crippen LogP contribution in [0.4, 0.5) is 5.82 Å². The van der Waals surface area contributed by atoms with E-state index in [2.05, 4.69) is 26.6 Å². The third kappa shape index (κ3) is 2.83. The highest BCUT2D eigenvalue weighted by molar-refractivity contribution is 8.14. The van der Waals surface area contributed by atoms with Gasteiger partial charge in [0.1, 0.15) is 0 Å². The van der Waals surface area contributed by atoms with Gasteiger partial charge in [-0.2, -0.15) is 11.3 Å². The molecule has 0 radical (unpaired) electrons. The fourth-order valence-corrected chi connectivity index (χ4v) is 5.51. The van der Waals surface area contributed by atoms with Crippen LogP contribution in [0.1, 0.15) is 67.9 Å². The van der Waals surface area contributed by atoms with E-state index in [-0.39, 0.29) is 10.8 Å². The molecule has 4 rings (SSSR count). The summed E-state index contributed by atoms with van der Waals surface area (Å²) in [6.07, 6.45) is 7.37. The van der Waals surface area contributed by atoms with Crippen molar-refractivity contribution in [3.05, 3.63) is 38.3 Å². The summed E-state index contributed by atoms with van der Waals surface area (Å²) in [5.41, 5.74) is 2.08. The summed E-state index contributed by atoms with van der Waals surface area (Å²) in [6.45, 7) is 2.04. The van der Waals surface area contributed by atoms with Gasteiger partial charge in [-0.25, -0.2) is 4.99 Å². The summed E-state index contributed by atoms with van der Waals surface area (Å²) in [5.74, 6) is 0.870. The number of aliphatic imine (C=N–C) groups is 1. The van der Waals surface area contributed by atoms with Gasteiger partial charge in [-0.3, -0.25) is 14.6 Å². The average Bonchev–Trinajstić information content (AvgIpc) is 3.08. The minimum absolute atomic E-state index is 0.0317. The summed E-state index contributed by atoms with van der Waals surface area (Å²) < 4.78 is 2.07. The fourth-order valence-electron chi connectivity index (χ4n) is 3.65. The Hall–Kier alpha value is -1.27. The van der Waals surface area contributed by atoms with Crippen LogP contribution in [0.5, 0.6) is 0 Å². The molecule has 0 aromatic carbocycles. The third-order valence-electron chi connectivity index (χ3n) is 4.79. The van der Waals surface area contributed by atoms with Gasteiger partial charge in [-0.05, 0) is 42.2 Å². The number of aromatic nitrogens is 2. The molecule has 23 heavy (non-hydrogen) atoms. The first-order valence-corrected chi connectivity index (χ1v) is 10.1. The largest absolute Gasteiger partial charge is 0.271 e. The summed E-state index contributed by atoms with van der Waals surface area (Å²) in [4.78, 5) is 17.4. The Morgan fingerprint density at radius 2 is 2.04 bits per heavy atom. The SMILES string of the molecule is CC1=Nc2c(c(=O)[nH]n2C2CCCCCC2)[C@@H](c2ccsc2)S1. The van der Waals surface area contributed by atoms with E-state index in [1.807, 2.05) is 6.92 Å². The van der Waals surface area contributed by atoms with Crippen LogP contribution >= 0.6 is 23.1 Å². The number of H-pyrrole nitrogens is 1. The second-order valence-electron chi connectivity index (χ2n) is 6.38. The van der Waals surface area contributed by atoms with Gasteiger partial charge in [0, 0.05) is 0 Å². The van der Waals surface area contributed by atoms with E-state index in [0.717, 1.165) is 29.3 Å². The van der Waals surface area contributed by atoms with Crippen LogP contribution in [0, 0.1) is 0 Å². The van der Waals surface area contributed by atoms with Gasteiger partial charge in [0.25, 0.3) is 5.56 Å². The topological polar surface area (TPSA) is 50.1 Å². The van der Waals surface area contributed by atoms with E-state index in [9.17, 15) is 4.79 Å². The fraction of sp³-hybridized carbons (Fsp3) is 0.529. The molecule has 1 aliphatic carbocycles. The number of nitrogens with one attached hydrogen (secondary N) is 1. The van der Waals surface area contributed by atoms with Gasteiger partial charge < -0.3 is 0 Å². The molecule has 0 saturated heterocycles. The van der Waals surface area contributed by atoms with Crippen molar-refractivity contribution in [2.24, 2.45) is 4.99 Å². The Kier molecular flexibility index (Phi) is 4.20. The molecule has 0 unspecified atom stereocenters. The first-order valence-electron chi connectivity index (χ1n) is 8.32. The molecule has 2 aliphatic rings. The van der Waals surface area contributed by atoms with Crippen molar-refractivity contribution in [1.29, 1.82) is 0 Å². The second kappa shape index (κ2) is 6.32. The summed E-state index contributed by atoms with van der Waals surface area (Å²) in [6, 6.07) is 2.50. The van der Waals surface area contributed by atoms with E-state index in [1.165, 1.54) is 31.2 Å². The van der Waals surface area contributed by atoms with Crippen LogP contribution in [0.15, 0.2) is 26.6 Å². The van der Waals surface area contributed by atoms with E-state index in [4.69, 9.17) is 4.99 Å². The van der Waals surface area contributed by atoms with Gasteiger partial charge in [0.05, 0.1) is 21.9 Å². The quantitative estimate of drug-likeness (QED) is 0.776. The molecule has 1 saturated carbocycles. The first-order chi connectivity index (χ1) is 11.2. The van der Waals surface area contributed by atoms with E-state index in [0.29, 0.717) is 6.04 Å². The van der Waals surface area contributed by atoms with Crippen molar-refractivity contribution in [3.8, 4) is 0 Å². The van der Waals surface area contributed by atoms with Gasteiger partial charge >= 0.3 is 0 Å². The molecule has 1 N–H and O–H groups in total. The van der Waals surface area contributed by atoms with Crippen LogP contribution in [0.3, 0.4) is 0 Å². The highest BCUT2D eigenvalue weighted by Gasteiger charge is 2.32. The highest BCUT2D eigenvalue weighted by Crippen LogP contribution is 2.45. The highest BCUT2D eigenvalue weighted by atomic mass is 32.2. The Bertz CT molecular complexity index is 764. The molecule has 122 valence electrons. The van der Waals surface area contributed by atoms with Crippen LogP contribution in [0.25, 0.3) is 0 Å². The maximum atomic E-state index is 12.7. The molecule has 4 nitrogen and oxygen atoms in total. The van der Waals surface area contributed by atoms with E-state index >= 15 is 0 Å². The maximum Gasteiger partial charge on any atom is 0.271 e. The number of fused-ring (bicyclic) bond motifs is 1. The molecule has 2 aromatic rings. The van der Waals surface area contributed by atoms with Crippen LogP contribution < -0.4 is 5.56 Å². The summed E-state index contributed by atoms with van der Waals surface area (Å²) >= 11 is 3.37. The lowest BCUT2D eigenvalue weighted by atomic mass is 10.1. The van der Waals surface area contributed by atoms with Crippen molar-refractivity contribution in [2.45, 2.75) is 56.7 Å². The molecule has 6 heteroatoms. The molecular formula is C17H21N3OS2. The minimum atomic E-state index is 0.0317.